The standard InChI is InChI=1S/C16H17NO4/c1-19-13-5-2-11(3-6-13)14(18)9-17-12-4-7-15-16(8-12)21-10-20-15/h2-8,14,17-18H,9-10H2,1H3. The molecule has 3 rings (SSSR count). The van der Waals surface area contributed by atoms with Gasteiger partial charge in [0, 0.05) is 18.3 Å². The highest BCUT2D eigenvalue weighted by Crippen LogP contribution is 2.34. The Balaban J connectivity index is 1.61. The van der Waals surface area contributed by atoms with Crippen LogP contribution >= 0.6 is 0 Å². The maximum atomic E-state index is 10.2. The first-order chi connectivity index (χ1) is 10.3. The molecule has 5 nitrogen and oxygen atoms in total. The Labute approximate surface area is 123 Å². The molecule has 2 aromatic rings. The number of aliphatic hydroxyl groups excluding tert-OH is 1. The molecule has 1 unspecified atom stereocenters. The van der Waals surface area contributed by atoms with Crippen LogP contribution in [0.25, 0.3) is 0 Å². The number of methoxy groups -OCH3 is 1. The molecule has 0 aliphatic carbocycles. The van der Waals surface area contributed by atoms with Crippen LogP contribution in [0.4, 0.5) is 5.69 Å². The van der Waals surface area contributed by atoms with Crippen molar-refractivity contribution < 1.29 is 19.3 Å². The summed E-state index contributed by atoms with van der Waals surface area (Å²) in [5.41, 5.74) is 1.72. The Morgan fingerprint density at radius 1 is 1.14 bits per heavy atom. The molecule has 0 bridgehead atoms. The zero-order valence-electron chi connectivity index (χ0n) is 11.7. The summed E-state index contributed by atoms with van der Waals surface area (Å²) < 4.78 is 15.7. The Morgan fingerprint density at radius 3 is 2.67 bits per heavy atom. The fourth-order valence-corrected chi connectivity index (χ4v) is 2.16. The van der Waals surface area contributed by atoms with Gasteiger partial charge in [-0.25, -0.2) is 0 Å². The second-order valence-electron chi connectivity index (χ2n) is 4.74. The largest absolute Gasteiger partial charge is 0.497 e. The average Bonchev–Trinajstić information content (AvgIpc) is 3.00. The maximum absolute atomic E-state index is 10.2. The zero-order chi connectivity index (χ0) is 14.7. The van der Waals surface area contributed by atoms with E-state index in [9.17, 15) is 5.11 Å². The van der Waals surface area contributed by atoms with Gasteiger partial charge in [0.05, 0.1) is 13.2 Å². The molecule has 0 aromatic heterocycles. The maximum Gasteiger partial charge on any atom is 0.231 e. The molecule has 1 heterocycles. The van der Waals surface area contributed by atoms with Gasteiger partial charge >= 0.3 is 0 Å². The number of anilines is 1. The molecule has 1 atom stereocenters. The Hall–Kier alpha value is -2.40. The number of fused-ring (bicyclic) bond motifs is 1. The van der Waals surface area contributed by atoms with Gasteiger partial charge in [-0.15, -0.1) is 0 Å². The lowest BCUT2D eigenvalue weighted by Gasteiger charge is -2.14. The first-order valence-corrected chi connectivity index (χ1v) is 6.72. The van der Waals surface area contributed by atoms with Crippen molar-refractivity contribution in [3.8, 4) is 17.2 Å². The first-order valence-electron chi connectivity index (χ1n) is 6.72. The Morgan fingerprint density at radius 2 is 1.90 bits per heavy atom. The smallest absolute Gasteiger partial charge is 0.231 e. The number of hydrogen-bond acceptors (Lipinski definition) is 5. The molecule has 0 fully saturated rings. The molecule has 5 heteroatoms. The van der Waals surface area contributed by atoms with Crippen molar-refractivity contribution >= 4 is 5.69 Å². The van der Waals surface area contributed by atoms with Crippen LogP contribution in [-0.4, -0.2) is 25.6 Å². The van der Waals surface area contributed by atoms with E-state index in [0.29, 0.717) is 6.54 Å². The molecule has 2 N–H and O–H groups in total. The van der Waals surface area contributed by atoms with Crippen molar-refractivity contribution in [2.45, 2.75) is 6.10 Å². The molecule has 1 aliphatic rings. The minimum Gasteiger partial charge on any atom is -0.497 e. The van der Waals surface area contributed by atoms with Gasteiger partial charge < -0.3 is 24.6 Å². The van der Waals surface area contributed by atoms with E-state index < -0.39 is 6.10 Å². The summed E-state index contributed by atoms with van der Waals surface area (Å²) in [6, 6.07) is 13.0. The van der Waals surface area contributed by atoms with Crippen LogP contribution in [0.3, 0.4) is 0 Å². The lowest BCUT2D eigenvalue weighted by Crippen LogP contribution is -2.12. The highest BCUT2D eigenvalue weighted by molar-refractivity contribution is 5.55. The second kappa shape index (κ2) is 5.93. The number of nitrogens with one attached hydrogen (secondary N) is 1. The molecular formula is C16H17NO4. The van der Waals surface area contributed by atoms with Gasteiger partial charge in [0.1, 0.15) is 5.75 Å². The summed E-state index contributed by atoms with van der Waals surface area (Å²) >= 11 is 0. The van der Waals surface area contributed by atoms with Gasteiger partial charge in [0.2, 0.25) is 6.79 Å². The van der Waals surface area contributed by atoms with Crippen LogP contribution < -0.4 is 19.5 Å². The predicted octanol–water partition coefficient (Wildman–Crippen LogP) is 2.57. The first kappa shape index (κ1) is 13.6. The summed E-state index contributed by atoms with van der Waals surface area (Å²) in [4.78, 5) is 0. The third-order valence-electron chi connectivity index (χ3n) is 3.37. The van der Waals surface area contributed by atoms with Gasteiger partial charge in [-0.1, -0.05) is 12.1 Å². The van der Waals surface area contributed by atoms with Crippen LogP contribution in [0, 0.1) is 0 Å². The number of benzene rings is 2. The average molecular weight is 287 g/mol. The molecule has 0 spiro atoms. The highest BCUT2D eigenvalue weighted by atomic mass is 16.7. The van der Waals surface area contributed by atoms with E-state index in [0.717, 1.165) is 28.5 Å². The van der Waals surface area contributed by atoms with Crippen molar-refractivity contribution in [3.63, 3.8) is 0 Å². The molecule has 0 amide bonds. The molecule has 21 heavy (non-hydrogen) atoms. The zero-order valence-corrected chi connectivity index (χ0v) is 11.7. The Kier molecular flexibility index (Phi) is 3.83. The second-order valence-corrected chi connectivity index (χ2v) is 4.74. The highest BCUT2D eigenvalue weighted by Gasteiger charge is 2.14. The van der Waals surface area contributed by atoms with E-state index >= 15 is 0 Å². The molecular weight excluding hydrogens is 270 g/mol. The Bertz CT molecular complexity index is 612. The SMILES string of the molecule is COc1ccc(C(O)CNc2ccc3c(c2)OCO3)cc1. The molecule has 0 radical (unpaired) electrons. The molecule has 2 aromatic carbocycles. The number of hydrogen-bond donors (Lipinski definition) is 2. The predicted molar refractivity (Wildman–Crippen MR) is 79.0 cm³/mol. The lowest BCUT2D eigenvalue weighted by molar-refractivity contribution is 0.174. The van der Waals surface area contributed by atoms with Crippen LogP contribution in [0.2, 0.25) is 0 Å². The van der Waals surface area contributed by atoms with Crippen LogP contribution in [-0.2, 0) is 0 Å². The van der Waals surface area contributed by atoms with E-state index in [1.54, 1.807) is 7.11 Å². The molecule has 0 saturated heterocycles. The van der Waals surface area contributed by atoms with Gasteiger partial charge in [0.25, 0.3) is 0 Å². The molecule has 0 saturated carbocycles. The summed E-state index contributed by atoms with van der Waals surface area (Å²) in [5.74, 6) is 2.24. The van der Waals surface area contributed by atoms with Crippen LogP contribution in [0.5, 0.6) is 17.2 Å². The van der Waals surface area contributed by atoms with Gasteiger partial charge in [-0.2, -0.15) is 0 Å². The normalized spacial score (nSPS) is 13.8. The fraction of sp³-hybridized carbons (Fsp3) is 0.250. The number of rotatable bonds is 5. The van der Waals surface area contributed by atoms with Crippen LogP contribution in [0.1, 0.15) is 11.7 Å². The lowest BCUT2D eigenvalue weighted by atomic mass is 10.1. The summed E-state index contributed by atoms with van der Waals surface area (Å²) in [6.45, 7) is 0.666. The van der Waals surface area contributed by atoms with Crippen molar-refractivity contribution in [2.24, 2.45) is 0 Å². The third-order valence-corrected chi connectivity index (χ3v) is 3.37. The van der Waals surface area contributed by atoms with Crippen molar-refractivity contribution in [1.82, 2.24) is 0 Å². The summed E-state index contributed by atoms with van der Waals surface area (Å²) in [7, 11) is 1.62. The third kappa shape index (κ3) is 3.03. The summed E-state index contributed by atoms with van der Waals surface area (Å²) in [6.07, 6.45) is -0.596. The van der Waals surface area contributed by atoms with Gasteiger partial charge in [0.15, 0.2) is 11.5 Å². The number of ether oxygens (including phenoxy) is 3. The monoisotopic (exact) mass is 287 g/mol. The topological polar surface area (TPSA) is 60.0 Å². The molecule has 1 aliphatic heterocycles. The van der Waals surface area contributed by atoms with Crippen molar-refractivity contribution in [2.75, 3.05) is 25.8 Å². The van der Waals surface area contributed by atoms with Crippen molar-refractivity contribution in [1.29, 1.82) is 0 Å². The van der Waals surface area contributed by atoms with E-state index in [2.05, 4.69) is 5.32 Å². The van der Waals surface area contributed by atoms with E-state index in [-0.39, 0.29) is 6.79 Å². The van der Waals surface area contributed by atoms with E-state index in [1.165, 1.54) is 0 Å². The van der Waals surface area contributed by atoms with Crippen LogP contribution in [0.15, 0.2) is 42.5 Å². The van der Waals surface area contributed by atoms with Gasteiger partial charge in [-0.05, 0) is 29.8 Å². The quantitative estimate of drug-likeness (QED) is 0.885. The summed E-state index contributed by atoms with van der Waals surface area (Å²) in [5, 5.41) is 13.4. The minimum absolute atomic E-state index is 0.257. The van der Waals surface area contributed by atoms with E-state index in [1.807, 2.05) is 42.5 Å². The fourth-order valence-electron chi connectivity index (χ4n) is 2.16. The number of aliphatic hydroxyl groups is 1. The van der Waals surface area contributed by atoms with Crippen molar-refractivity contribution in [3.05, 3.63) is 48.0 Å². The van der Waals surface area contributed by atoms with Gasteiger partial charge in [-0.3, -0.25) is 0 Å². The van der Waals surface area contributed by atoms with E-state index in [4.69, 9.17) is 14.2 Å². The minimum atomic E-state index is -0.596. The molecule has 110 valence electrons.